The van der Waals surface area contributed by atoms with E-state index in [0.29, 0.717) is 24.3 Å². The van der Waals surface area contributed by atoms with E-state index < -0.39 is 5.97 Å². The van der Waals surface area contributed by atoms with Gasteiger partial charge in [0.05, 0.1) is 18.2 Å². The summed E-state index contributed by atoms with van der Waals surface area (Å²) in [5, 5.41) is 8.67. The van der Waals surface area contributed by atoms with Crippen molar-refractivity contribution in [2.45, 2.75) is 32.1 Å². The minimum absolute atomic E-state index is 0.289. The van der Waals surface area contributed by atoms with E-state index in [1.54, 1.807) is 24.3 Å². The number of nitriles is 1. The molecule has 0 N–H and O–H groups in total. The highest BCUT2D eigenvalue weighted by Gasteiger charge is 2.05. The molecule has 0 fully saturated rings. The van der Waals surface area contributed by atoms with Crippen LogP contribution in [0.3, 0.4) is 0 Å². The van der Waals surface area contributed by atoms with Crippen LogP contribution in [0.15, 0.2) is 36.9 Å². The maximum absolute atomic E-state index is 11.6. The normalized spacial score (nSPS) is 9.59. The summed E-state index contributed by atoms with van der Waals surface area (Å²) in [6.07, 6.45) is 4.73. The van der Waals surface area contributed by atoms with Gasteiger partial charge in [-0.05, 0) is 37.1 Å². The predicted molar refractivity (Wildman–Crippen MR) is 81.0 cm³/mol. The molecule has 0 saturated heterocycles. The zero-order valence-corrected chi connectivity index (χ0v) is 12.4. The fourth-order valence-electron chi connectivity index (χ4n) is 1.74. The van der Waals surface area contributed by atoms with Crippen LogP contribution in [-0.2, 0) is 14.3 Å². The van der Waals surface area contributed by atoms with E-state index in [4.69, 9.17) is 14.7 Å². The topological polar surface area (TPSA) is 76.4 Å². The zero-order chi connectivity index (χ0) is 16.2. The van der Waals surface area contributed by atoms with E-state index >= 15 is 0 Å². The maximum Gasteiger partial charge on any atom is 0.330 e. The van der Waals surface area contributed by atoms with Gasteiger partial charge < -0.3 is 9.47 Å². The third kappa shape index (κ3) is 7.25. The Hall–Kier alpha value is -2.61. The largest absolute Gasteiger partial charge is 0.463 e. The molecule has 0 heterocycles. The molecule has 0 unspecified atom stereocenters. The first kappa shape index (κ1) is 17.4. The summed E-state index contributed by atoms with van der Waals surface area (Å²) in [5.41, 5.74) is 0.525. The van der Waals surface area contributed by atoms with Crippen molar-refractivity contribution < 1.29 is 19.1 Å². The maximum atomic E-state index is 11.6. The number of unbranched alkanes of at least 4 members (excludes halogenated alkanes) is 3. The van der Waals surface area contributed by atoms with Crippen LogP contribution in [0.25, 0.3) is 0 Å². The molecule has 0 amide bonds. The van der Waals surface area contributed by atoms with Crippen molar-refractivity contribution in [2.24, 2.45) is 0 Å². The molecular formula is C17H19NO4. The van der Waals surface area contributed by atoms with Gasteiger partial charge in [-0.25, -0.2) is 4.79 Å². The monoisotopic (exact) mass is 301 g/mol. The molecule has 5 nitrogen and oxygen atoms in total. The smallest absolute Gasteiger partial charge is 0.330 e. The van der Waals surface area contributed by atoms with Gasteiger partial charge in [-0.3, -0.25) is 4.79 Å². The van der Waals surface area contributed by atoms with Crippen molar-refractivity contribution in [3.8, 4) is 11.8 Å². The summed E-state index contributed by atoms with van der Waals surface area (Å²) in [7, 11) is 0. The molecule has 0 aromatic heterocycles. The van der Waals surface area contributed by atoms with Crippen LogP contribution < -0.4 is 4.74 Å². The summed E-state index contributed by atoms with van der Waals surface area (Å²) in [4.78, 5) is 22.4. The number of ether oxygens (including phenoxy) is 2. The minimum atomic E-state index is -0.411. The number of hydrogen-bond acceptors (Lipinski definition) is 5. The first-order valence-electron chi connectivity index (χ1n) is 7.15. The van der Waals surface area contributed by atoms with E-state index in [2.05, 4.69) is 6.58 Å². The average Bonchev–Trinajstić information content (AvgIpc) is 2.54. The third-order valence-electron chi connectivity index (χ3n) is 2.90. The van der Waals surface area contributed by atoms with Crippen LogP contribution in [0.2, 0.25) is 0 Å². The Bertz CT molecular complexity index is 543. The molecule has 1 aromatic rings. The second kappa shape index (κ2) is 10.2. The summed E-state index contributed by atoms with van der Waals surface area (Å²) in [6.45, 7) is 3.69. The first-order valence-corrected chi connectivity index (χ1v) is 7.15. The lowest BCUT2D eigenvalue weighted by molar-refractivity contribution is -0.137. The number of nitrogens with zero attached hydrogens (tertiary/aromatic N) is 1. The molecular weight excluding hydrogens is 282 g/mol. The van der Waals surface area contributed by atoms with E-state index in [-0.39, 0.29) is 5.97 Å². The lowest BCUT2D eigenvalue weighted by atomic mass is 10.1. The van der Waals surface area contributed by atoms with Gasteiger partial charge in [-0.2, -0.15) is 5.26 Å². The number of carbonyl (C=O) groups excluding carboxylic acids is 2. The molecule has 0 atom stereocenters. The summed E-state index contributed by atoms with van der Waals surface area (Å²) >= 11 is 0. The molecule has 0 saturated carbocycles. The average molecular weight is 301 g/mol. The molecule has 116 valence electrons. The Morgan fingerprint density at radius 2 is 1.82 bits per heavy atom. The standard InChI is InChI=1S/C17H19NO4/c1-2-16(19)21-12-6-4-3-5-7-17(20)22-15-10-8-14(13-18)9-11-15/h2,8-11H,1,3-7,12H2. The fraction of sp³-hybridized carbons (Fsp3) is 0.353. The number of rotatable bonds is 9. The fourth-order valence-corrected chi connectivity index (χ4v) is 1.74. The van der Waals surface area contributed by atoms with Crippen LogP contribution in [0.5, 0.6) is 5.75 Å². The molecule has 0 spiro atoms. The number of carbonyl (C=O) groups is 2. The third-order valence-corrected chi connectivity index (χ3v) is 2.90. The van der Waals surface area contributed by atoms with Crippen molar-refractivity contribution in [3.05, 3.63) is 42.5 Å². The molecule has 0 aliphatic carbocycles. The highest BCUT2D eigenvalue weighted by atomic mass is 16.5. The van der Waals surface area contributed by atoms with Gasteiger partial charge in [-0.1, -0.05) is 19.4 Å². The lowest BCUT2D eigenvalue weighted by Crippen LogP contribution is -2.07. The highest BCUT2D eigenvalue weighted by molar-refractivity contribution is 5.81. The van der Waals surface area contributed by atoms with Crippen LogP contribution in [0.1, 0.15) is 37.7 Å². The summed E-state index contributed by atoms with van der Waals surface area (Å²) < 4.78 is 10.0. The summed E-state index contributed by atoms with van der Waals surface area (Å²) in [5.74, 6) is -0.255. The van der Waals surface area contributed by atoms with E-state index in [1.807, 2.05) is 6.07 Å². The van der Waals surface area contributed by atoms with E-state index in [9.17, 15) is 9.59 Å². The van der Waals surface area contributed by atoms with Gasteiger partial charge in [-0.15, -0.1) is 0 Å². The van der Waals surface area contributed by atoms with Crippen LogP contribution in [0.4, 0.5) is 0 Å². The number of esters is 2. The first-order chi connectivity index (χ1) is 10.7. The second-order valence-electron chi connectivity index (χ2n) is 4.65. The number of benzene rings is 1. The van der Waals surface area contributed by atoms with Gasteiger partial charge >= 0.3 is 11.9 Å². The van der Waals surface area contributed by atoms with Crippen molar-refractivity contribution >= 4 is 11.9 Å². The van der Waals surface area contributed by atoms with Gasteiger partial charge in [0.15, 0.2) is 0 Å². The van der Waals surface area contributed by atoms with Crippen molar-refractivity contribution in [1.82, 2.24) is 0 Å². The Morgan fingerprint density at radius 3 is 2.45 bits per heavy atom. The zero-order valence-electron chi connectivity index (χ0n) is 12.4. The molecule has 5 heteroatoms. The number of hydrogen-bond donors (Lipinski definition) is 0. The molecule has 22 heavy (non-hydrogen) atoms. The van der Waals surface area contributed by atoms with Crippen molar-refractivity contribution in [2.75, 3.05) is 6.61 Å². The van der Waals surface area contributed by atoms with E-state index in [1.165, 1.54) is 0 Å². The van der Waals surface area contributed by atoms with Crippen molar-refractivity contribution in [3.63, 3.8) is 0 Å². The Labute approximate surface area is 130 Å². The van der Waals surface area contributed by atoms with Gasteiger partial charge in [0.1, 0.15) is 5.75 Å². The minimum Gasteiger partial charge on any atom is -0.463 e. The molecule has 1 rings (SSSR count). The van der Waals surface area contributed by atoms with Crippen molar-refractivity contribution in [1.29, 1.82) is 5.26 Å². The summed E-state index contributed by atoms with van der Waals surface area (Å²) in [6, 6.07) is 8.41. The SMILES string of the molecule is C=CC(=O)OCCCCCCC(=O)Oc1ccc(C#N)cc1. The second-order valence-corrected chi connectivity index (χ2v) is 4.65. The van der Waals surface area contributed by atoms with E-state index in [0.717, 1.165) is 31.8 Å². The molecule has 0 radical (unpaired) electrons. The molecule has 0 aliphatic rings. The molecule has 1 aromatic carbocycles. The molecule has 0 aliphatic heterocycles. The van der Waals surface area contributed by atoms with Gasteiger partial charge in [0.25, 0.3) is 0 Å². The Morgan fingerprint density at radius 1 is 1.14 bits per heavy atom. The quantitative estimate of drug-likeness (QED) is 0.303. The Kier molecular flexibility index (Phi) is 8.06. The predicted octanol–water partition coefficient (Wildman–Crippen LogP) is 3.14. The van der Waals surface area contributed by atoms with Crippen LogP contribution in [-0.4, -0.2) is 18.5 Å². The Balaban J connectivity index is 2.09. The van der Waals surface area contributed by atoms with Gasteiger partial charge in [0, 0.05) is 12.5 Å². The van der Waals surface area contributed by atoms with Crippen LogP contribution in [0, 0.1) is 11.3 Å². The van der Waals surface area contributed by atoms with Crippen LogP contribution >= 0.6 is 0 Å². The highest BCUT2D eigenvalue weighted by Crippen LogP contribution is 2.13. The van der Waals surface area contributed by atoms with Gasteiger partial charge in [0.2, 0.25) is 0 Å². The lowest BCUT2D eigenvalue weighted by Gasteiger charge is -2.04. The molecule has 0 bridgehead atoms.